The standard InChI is InChI=1S/C6H9N3O4/c1-3(7)5(11)13-9-2-4(10)8-6(9)12/h2-3,10H,7H2,1H3,(H,8,12)/t3-/m0/s1. The number of aromatic nitrogens is 2. The van der Waals surface area contributed by atoms with Gasteiger partial charge < -0.3 is 15.7 Å². The Bertz CT molecular complexity index is 364. The van der Waals surface area contributed by atoms with Gasteiger partial charge in [-0.2, -0.15) is 0 Å². The molecular weight excluding hydrogens is 178 g/mol. The van der Waals surface area contributed by atoms with Crippen LogP contribution in [0.15, 0.2) is 11.0 Å². The normalized spacial score (nSPS) is 12.5. The van der Waals surface area contributed by atoms with Crippen LogP contribution in [0.1, 0.15) is 6.92 Å². The summed E-state index contributed by atoms with van der Waals surface area (Å²) in [4.78, 5) is 28.2. The van der Waals surface area contributed by atoms with E-state index in [0.29, 0.717) is 4.73 Å². The van der Waals surface area contributed by atoms with Gasteiger partial charge in [0, 0.05) is 0 Å². The molecule has 0 spiro atoms. The second-order valence-electron chi connectivity index (χ2n) is 2.47. The van der Waals surface area contributed by atoms with Crippen molar-refractivity contribution in [2.75, 3.05) is 0 Å². The van der Waals surface area contributed by atoms with Gasteiger partial charge in [0.2, 0.25) is 5.88 Å². The number of rotatable bonds is 2. The molecule has 4 N–H and O–H groups in total. The van der Waals surface area contributed by atoms with E-state index in [-0.39, 0.29) is 5.88 Å². The fourth-order valence-corrected chi connectivity index (χ4v) is 0.614. The molecule has 7 nitrogen and oxygen atoms in total. The first-order valence-electron chi connectivity index (χ1n) is 3.49. The lowest BCUT2D eigenvalue weighted by Gasteiger charge is -2.03. The third-order valence-electron chi connectivity index (χ3n) is 1.23. The molecule has 0 saturated heterocycles. The average molecular weight is 187 g/mol. The van der Waals surface area contributed by atoms with Gasteiger partial charge in [0.25, 0.3) is 0 Å². The van der Waals surface area contributed by atoms with E-state index in [2.05, 4.69) is 4.84 Å². The van der Waals surface area contributed by atoms with Gasteiger partial charge in [0.05, 0.1) is 0 Å². The topological polar surface area (TPSA) is 110 Å². The van der Waals surface area contributed by atoms with E-state index in [1.54, 1.807) is 0 Å². The molecule has 0 aliphatic rings. The summed E-state index contributed by atoms with van der Waals surface area (Å²) in [6, 6.07) is -0.830. The van der Waals surface area contributed by atoms with Gasteiger partial charge in [-0.3, -0.25) is 4.98 Å². The Labute approximate surface area is 72.7 Å². The molecule has 0 fully saturated rings. The van der Waals surface area contributed by atoms with E-state index >= 15 is 0 Å². The Balaban J connectivity index is 2.80. The summed E-state index contributed by atoms with van der Waals surface area (Å²) in [5, 5.41) is 8.79. The number of hydrogen-bond acceptors (Lipinski definition) is 5. The molecule has 0 unspecified atom stereocenters. The molecule has 0 amide bonds. The SMILES string of the molecule is C[C@H](N)C(=O)On1cc(O)[nH]c1=O. The highest BCUT2D eigenvalue weighted by atomic mass is 16.7. The molecule has 1 aromatic heterocycles. The van der Waals surface area contributed by atoms with Gasteiger partial charge in [-0.1, -0.05) is 0 Å². The number of imidazole rings is 1. The van der Waals surface area contributed by atoms with Crippen molar-refractivity contribution in [2.24, 2.45) is 5.73 Å². The van der Waals surface area contributed by atoms with Crippen LogP contribution in [0.5, 0.6) is 5.88 Å². The molecule has 0 bridgehead atoms. The molecule has 7 heteroatoms. The summed E-state index contributed by atoms with van der Waals surface area (Å²) in [5.41, 5.74) is 4.43. The maximum atomic E-state index is 10.9. The first kappa shape index (κ1) is 9.33. The molecule has 0 aliphatic carbocycles. The molecule has 0 aromatic carbocycles. The minimum Gasteiger partial charge on any atom is -0.493 e. The van der Waals surface area contributed by atoms with Crippen molar-refractivity contribution in [3.8, 4) is 5.88 Å². The third kappa shape index (κ3) is 2.09. The smallest absolute Gasteiger partial charge is 0.361 e. The minimum atomic E-state index is -0.830. The van der Waals surface area contributed by atoms with Crippen LogP contribution in [0.25, 0.3) is 0 Å². The van der Waals surface area contributed by atoms with Gasteiger partial charge in [-0.25, -0.2) is 9.59 Å². The molecule has 13 heavy (non-hydrogen) atoms. The third-order valence-corrected chi connectivity index (χ3v) is 1.23. The number of aromatic amines is 1. The highest BCUT2D eigenvalue weighted by Crippen LogP contribution is 1.95. The zero-order valence-electron chi connectivity index (χ0n) is 6.85. The zero-order valence-corrected chi connectivity index (χ0v) is 6.85. The first-order valence-corrected chi connectivity index (χ1v) is 3.49. The molecule has 72 valence electrons. The fraction of sp³-hybridized carbons (Fsp3) is 0.333. The number of carbonyl (C=O) groups excluding carboxylic acids is 1. The van der Waals surface area contributed by atoms with Crippen molar-refractivity contribution >= 4 is 5.97 Å². The second-order valence-corrected chi connectivity index (χ2v) is 2.47. The van der Waals surface area contributed by atoms with Crippen molar-refractivity contribution in [3.63, 3.8) is 0 Å². The number of nitrogens with zero attached hydrogens (tertiary/aromatic N) is 1. The van der Waals surface area contributed by atoms with E-state index in [1.807, 2.05) is 4.98 Å². The van der Waals surface area contributed by atoms with Crippen LogP contribution in [0.4, 0.5) is 0 Å². The summed E-state index contributed by atoms with van der Waals surface area (Å²) < 4.78 is 0.570. The summed E-state index contributed by atoms with van der Waals surface area (Å²) >= 11 is 0. The van der Waals surface area contributed by atoms with Crippen molar-refractivity contribution in [2.45, 2.75) is 13.0 Å². The molecule has 1 atom stereocenters. The Morgan fingerprint density at radius 3 is 2.85 bits per heavy atom. The van der Waals surface area contributed by atoms with Crippen LogP contribution in [-0.2, 0) is 4.79 Å². The Hall–Kier alpha value is -1.76. The summed E-state index contributed by atoms with van der Waals surface area (Å²) in [7, 11) is 0. The lowest BCUT2D eigenvalue weighted by molar-refractivity contribution is -0.145. The molecule has 1 rings (SSSR count). The molecule has 0 aliphatic heterocycles. The maximum Gasteiger partial charge on any atom is 0.361 e. The monoisotopic (exact) mass is 187 g/mol. The van der Waals surface area contributed by atoms with Crippen molar-refractivity contribution in [1.29, 1.82) is 0 Å². The van der Waals surface area contributed by atoms with Crippen LogP contribution in [0.2, 0.25) is 0 Å². The number of hydrogen-bond donors (Lipinski definition) is 3. The number of nitrogens with two attached hydrogens (primary N) is 1. The number of H-pyrrole nitrogens is 1. The van der Waals surface area contributed by atoms with Crippen molar-refractivity contribution < 1.29 is 14.7 Å². The Morgan fingerprint density at radius 2 is 2.46 bits per heavy atom. The molecule has 1 heterocycles. The zero-order chi connectivity index (χ0) is 10.0. The fourth-order valence-electron chi connectivity index (χ4n) is 0.614. The van der Waals surface area contributed by atoms with E-state index < -0.39 is 17.7 Å². The van der Waals surface area contributed by atoms with E-state index in [4.69, 9.17) is 10.8 Å². The minimum absolute atomic E-state index is 0.387. The quantitative estimate of drug-likeness (QED) is 0.505. The highest BCUT2D eigenvalue weighted by Gasteiger charge is 2.12. The summed E-state index contributed by atoms with van der Waals surface area (Å²) in [6.45, 7) is 1.42. The highest BCUT2D eigenvalue weighted by molar-refractivity contribution is 5.75. The number of carbonyl (C=O) groups is 1. The Kier molecular flexibility index (Phi) is 2.38. The molecular formula is C6H9N3O4. The van der Waals surface area contributed by atoms with E-state index in [0.717, 1.165) is 6.20 Å². The van der Waals surface area contributed by atoms with Gasteiger partial charge >= 0.3 is 11.7 Å². The molecule has 0 radical (unpaired) electrons. The lowest BCUT2D eigenvalue weighted by Crippen LogP contribution is -2.38. The van der Waals surface area contributed by atoms with Gasteiger partial charge in [-0.05, 0) is 6.92 Å². The predicted octanol–water partition coefficient (Wildman–Crippen LogP) is -1.82. The van der Waals surface area contributed by atoms with Gasteiger partial charge in [-0.15, -0.1) is 4.73 Å². The van der Waals surface area contributed by atoms with Gasteiger partial charge in [0.15, 0.2) is 0 Å². The number of nitrogens with one attached hydrogen (secondary N) is 1. The van der Waals surface area contributed by atoms with Crippen molar-refractivity contribution in [1.82, 2.24) is 9.71 Å². The largest absolute Gasteiger partial charge is 0.493 e. The van der Waals surface area contributed by atoms with Crippen LogP contribution in [0.3, 0.4) is 0 Å². The van der Waals surface area contributed by atoms with Crippen molar-refractivity contribution in [3.05, 3.63) is 16.7 Å². The van der Waals surface area contributed by atoms with Crippen LogP contribution >= 0.6 is 0 Å². The van der Waals surface area contributed by atoms with Crippen LogP contribution in [-0.4, -0.2) is 26.8 Å². The molecule has 0 saturated carbocycles. The first-order chi connectivity index (χ1) is 6.00. The maximum absolute atomic E-state index is 10.9. The number of aromatic hydroxyl groups is 1. The van der Waals surface area contributed by atoms with E-state index in [9.17, 15) is 9.59 Å². The van der Waals surface area contributed by atoms with E-state index in [1.165, 1.54) is 6.92 Å². The second kappa shape index (κ2) is 3.31. The lowest BCUT2D eigenvalue weighted by atomic mass is 10.4. The summed E-state index contributed by atoms with van der Waals surface area (Å²) in [5.74, 6) is -1.15. The summed E-state index contributed by atoms with van der Waals surface area (Å²) in [6.07, 6.45) is 0.933. The van der Waals surface area contributed by atoms with Crippen LogP contribution < -0.4 is 16.3 Å². The average Bonchev–Trinajstić information content (AvgIpc) is 2.30. The van der Waals surface area contributed by atoms with Gasteiger partial charge in [0.1, 0.15) is 12.2 Å². The molecule has 1 aromatic rings. The van der Waals surface area contributed by atoms with Crippen LogP contribution in [0, 0.1) is 0 Å². The predicted molar refractivity (Wildman–Crippen MR) is 42.0 cm³/mol. The Morgan fingerprint density at radius 1 is 1.85 bits per heavy atom.